The molecular weight excluding hydrogens is 285 g/mol. The number of nitrogens with two attached hydrogens (primary N) is 1. The molecule has 98 valence electrons. The Morgan fingerprint density at radius 1 is 1.16 bits per heavy atom. The van der Waals surface area contributed by atoms with Gasteiger partial charge in [0.15, 0.2) is 5.78 Å². The summed E-state index contributed by atoms with van der Waals surface area (Å²) in [4.78, 5) is 12.4. The second kappa shape index (κ2) is 5.51. The van der Waals surface area contributed by atoms with Crippen LogP contribution in [0.5, 0.6) is 5.75 Å². The zero-order chi connectivity index (χ0) is 14.0. The first kappa shape index (κ1) is 13.7. The molecule has 0 saturated carbocycles. The van der Waals surface area contributed by atoms with E-state index < -0.39 is 0 Å². The quantitative estimate of drug-likeness (QED) is 0.692. The molecule has 0 aliphatic rings. The van der Waals surface area contributed by atoms with E-state index in [0.29, 0.717) is 32.6 Å². The number of hydrogen-bond acceptors (Lipinski definition) is 3. The fourth-order valence-electron chi connectivity index (χ4n) is 1.68. The Morgan fingerprint density at radius 2 is 1.89 bits per heavy atom. The maximum absolute atomic E-state index is 12.4. The van der Waals surface area contributed by atoms with E-state index in [9.17, 15) is 4.79 Å². The highest BCUT2D eigenvalue weighted by Crippen LogP contribution is 2.27. The van der Waals surface area contributed by atoms with Crippen molar-refractivity contribution >= 4 is 34.7 Å². The zero-order valence-corrected chi connectivity index (χ0v) is 11.6. The van der Waals surface area contributed by atoms with E-state index in [0.717, 1.165) is 0 Å². The molecule has 0 aliphatic carbocycles. The van der Waals surface area contributed by atoms with Gasteiger partial charge in [-0.3, -0.25) is 4.79 Å². The van der Waals surface area contributed by atoms with Gasteiger partial charge in [0.2, 0.25) is 0 Å². The molecule has 0 aromatic heterocycles. The number of nitrogen functional groups attached to an aromatic ring is 1. The van der Waals surface area contributed by atoms with Gasteiger partial charge in [0.25, 0.3) is 0 Å². The summed E-state index contributed by atoms with van der Waals surface area (Å²) >= 11 is 11.8. The summed E-state index contributed by atoms with van der Waals surface area (Å²) < 4.78 is 5.16. The molecule has 0 radical (unpaired) electrons. The average molecular weight is 296 g/mol. The van der Waals surface area contributed by atoms with Gasteiger partial charge in [-0.25, -0.2) is 0 Å². The monoisotopic (exact) mass is 295 g/mol. The fourth-order valence-corrected chi connectivity index (χ4v) is 2.02. The van der Waals surface area contributed by atoms with E-state index >= 15 is 0 Å². The molecule has 2 aromatic rings. The van der Waals surface area contributed by atoms with Gasteiger partial charge in [0.05, 0.1) is 23.4 Å². The molecule has 2 rings (SSSR count). The molecule has 0 unspecified atom stereocenters. The lowest BCUT2D eigenvalue weighted by molar-refractivity contribution is 0.103. The summed E-state index contributed by atoms with van der Waals surface area (Å²) in [5.74, 6) is 0.223. The highest BCUT2D eigenvalue weighted by Gasteiger charge is 2.15. The lowest BCUT2D eigenvalue weighted by Crippen LogP contribution is -2.04. The first-order chi connectivity index (χ1) is 9.02. The first-order valence-corrected chi connectivity index (χ1v) is 6.22. The molecule has 0 atom stereocenters. The lowest BCUT2D eigenvalue weighted by atomic mass is 10.0. The molecule has 0 saturated heterocycles. The Morgan fingerprint density at radius 3 is 2.53 bits per heavy atom. The minimum Gasteiger partial charge on any atom is -0.496 e. The normalized spacial score (nSPS) is 10.3. The number of hydrogen-bond donors (Lipinski definition) is 1. The van der Waals surface area contributed by atoms with Crippen LogP contribution in [0, 0.1) is 0 Å². The summed E-state index contributed by atoms with van der Waals surface area (Å²) in [5, 5.41) is 0.850. The Hall–Kier alpha value is -1.71. The van der Waals surface area contributed by atoms with Gasteiger partial charge in [0.1, 0.15) is 5.75 Å². The Labute approximate surface area is 120 Å². The Bertz CT molecular complexity index is 641. The Balaban J connectivity index is 2.46. The van der Waals surface area contributed by atoms with Crippen LogP contribution in [-0.4, -0.2) is 12.9 Å². The summed E-state index contributed by atoms with van der Waals surface area (Å²) in [6.07, 6.45) is 0. The minimum atomic E-state index is -0.199. The van der Waals surface area contributed by atoms with Crippen LogP contribution >= 0.6 is 23.2 Å². The second-order valence-electron chi connectivity index (χ2n) is 3.91. The van der Waals surface area contributed by atoms with E-state index in [2.05, 4.69) is 0 Å². The molecular formula is C14H11Cl2NO2. The third-order valence-corrected chi connectivity index (χ3v) is 3.23. The van der Waals surface area contributed by atoms with Gasteiger partial charge in [-0.05, 0) is 36.4 Å². The number of anilines is 1. The van der Waals surface area contributed by atoms with E-state index in [-0.39, 0.29) is 5.78 Å². The Kier molecular flexibility index (Phi) is 3.98. The molecule has 0 spiro atoms. The van der Waals surface area contributed by atoms with Crippen LogP contribution < -0.4 is 10.5 Å². The number of ketones is 1. The SMILES string of the molecule is COc1cc(Cl)ccc1C(=O)c1ccc(N)c(Cl)c1. The van der Waals surface area contributed by atoms with Gasteiger partial charge >= 0.3 is 0 Å². The van der Waals surface area contributed by atoms with E-state index in [1.165, 1.54) is 13.2 Å². The van der Waals surface area contributed by atoms with Gasteiger partial charge in [-0.2, -0.15) is 0 Å². The van der Waals surface area contributed by atoms with Crippen LogP contribution in [0.2, 0.25) is 10.0 Å². The number of carbonyl (C=O) groups excluding carboxylic acids is 1. The molecule has 0 fully saturated rings. The molecule has 2 N–H and O–H groups in total. The molecule has 0 amide bonds. The molecule has 5 heteroatoms. The predicted octanol–water partition coefficient (Wildman–Crippen LogP) is 3.82. The van der Waals surface area contributed by atoms with Crippen molar-refractivity contribution in [3.63, 3.8) is 0 Å². The van der Waals surface area contributed by atoms with Crippen molar-refractivity contribution in [3.05, 3.63) is 57.6 Å². The van der Waals surface area contributed by atoms with Crippen LogP contribution in [0.25, 0.3) is 0 Å². The van der Waals surface area contributed by atoms with Gasteiger partial charge in [-0.15, -0.1) is 0 Å². The summed E-state index contributed by atoms with van der Waals surface area (Å²) in [6, 6.07) is 9.60. The number of halogens is 2. The molecule has 19 heavy (non-hydrogen) atoms. The standard InChI is InChI=1S/C14H11Cl2NO2/c1-19-13-7-9(15)3-4-10(13)14(18)8-2-5-12(17)11(16)6-8/h2-7H,17H2,1H3. The van der Waals surface area contributed by atoms with E-state index in [4.69, 9.17) is 33.7 Å². The first-order valence-electron chi connectivity index (χ1n) is 5.46. The van der Waals surface area contributed by atoms with Crippen LogP contribution in [0.15, 0.2) is 36.4 Å². The predicted molar refractivity (Wildman–Crippen MR) is 77.3 cm³/mol. The highest BCUT2D eigenvalue weighted by molar-refractivity contribution is 6.33. The smallest absolute Gasteiger partial charge is 0.196 e. The van der Waals surface area contributed by atoms with Crippen molar-refractivity contribution < 1.29 is 9.53 Å². The zero-order valence-electron chi connectivity index (χ0n) is 10.1. The molecule has 2 aromatic carbocycles. The largest absolute Gasteiger partial charge is 0.496 e. The van der Waals surface area contributed by atoms with Crippen molar-refractivity contribution in [1.29, 1.82) is 0 Å². The van der Waals surface area contributed by atoms with Gasteiger partial charge in [-0.1, -0.05) is 23.2 Å². The summed E-state index contributed by atoms with van der Waals surface area (Å²) in [6.45, 7) is 0. The number of ether oxygens (including phenoxy) is 1. The summed E-state index contributed by atoms with van der Waals surface area (Å²) in [7, 11) is 1.48. The van der Waals surface area contributed by atoms with Crippen LogP contribution in [0.1, 0.15) is 15.9 Å². The second-order valence-corrected chi connectivity index (χ2v) is 4.75. The highest BCUT2D eigenvalue weighted by atomic mass is 35.5. The maximum atomic E-state index is 12.4. The number of methoxy groups -OCH3 is 1. The molecule has 3 nitrogen and oxygen atoms in total. The maximum Gasteiger partial charge on any atom is 0.196 e. The van der Waals surface area contributed by atoms with Gasteiger partial charge < -0.3 is 10.5 Å². The van der Waals surface area contributed by atoms with E-state index in [1.807, 2.05) is 0 Å². The molecule has 0 bridgehead atoms. The van der Waals surface area contributed by atoms with Crippen molar-refractivity contribution in [2.75, 3.05) is 12.8 Å². The average Bonchev–Trinajstić information content (AvgIpc) is 2.41. The number of carbonyl (C=O) groups is 1. The van der Waals surface area contributed by atoms with Crippen molar-refractivity contribution in [1.82, 2.24) is 0 Å². The fraction of sp³-hybridized carbons (Fsp3) is 0.0714. The number of rotatable bonds is 3. The molecule has 0 heterocycles. The van der Waals surface area contributed by atoms with Crippen molar-refractivity contribution in [2.45, 2.75) is 0 Å². The van der Waals surface area contributed by atoms with Crippen LogP contribution in [0.4, 0.5) is 5.69 Å². The molecule has 0 aliphatic heterocycles. The van der Waals surface area contributed by atoms with Crippen molar-refractivity contribution in [3.8, 4) is 5.75 Å². The third kappa shape index (κ3) is 2.83. The topological polar surface area (TPSA) is 52.3 Å². The van der Waals surface area contributed by atoms with E-state index in [1.54, 1.807) is 30.3 Å². The van der Waals surface area contributed by atoms with Crippen LogP contribution in [0.3, 0.4) is 0 Å². The third-order valence-electron chi connectivity index (χ3n) is 2.67. The number of benzene rings is 2. The van der Waals surface area contributed by atoms with Crippen molar-refractivity contribution in [2.24, 2.45) is 0 Å². The minimum absolute atomic E-state index is 0.199. The van der Waals surface area contributed by atoms with Gasteiger partial charge in [0, 0.05) is 10.6 Å². The van der Waals surface area contributed by atoms with Crippen LogP contribution in [-0.2, 0) is 0 Å². The lowest BCUT2D eigenvalue weighted by Gasteiger charge is -2.09. The summed E-state index contributed by atoms with van der Waals surface area (Å²) in [5.41, 5.74) is 6.92.